The Kier molecular flexibility index (Phi) is 10.6. The standard InChI is InChI=1S/C16H34O4Si/c1-17-21(18-2,19-3)15-11-7-5-4-6-8-12-16-13-9-10-14-20-16/h16H,4-15H2,1-3H3. The van der Waals surface area contributed by atoms with Crippen LogP contribution >= 0.6 is 0 Å². The van der Waals surface area contributed by atoms with Crippen LogP contribution in [0.5, 0.6) is 0 Å². The minimum atomic E-state index is -2.33. The lowest BCUT2D eigenvalue weighted by molar-refractivity contribution is 0.00977. The molecule has 1 saturated heterocycles. The van der Waals surface area contributed by atoms with Crippen LogP contribution in [0.1, 0.15) is 64.2 Å². The highest BCUT2D eigenvalue weighted by Crippen LogP contribution is 2.20. The Hall–Kier alpha value is 0.0569. The zero-order valence-electron chi connectivity index (χ0n) is 14.2. The van der Waals surface area contributed by atoms with E-state index in [0.717, 1.165) is 19.1 Å². The van der Waals surface area contributed by atoms with Gasteiger partial charge < -0.3 is 18.0 Å². The molecule has 1 atom stereocenters. The molecular weight excluding hydrogens is 284 g/mol. The first kappa shape index (κ1) is 19.1. The van der Waals surface area contributed by atoms with Crippen molar-refractivity contribution >= 4 is 8.80 Å². The molecular formula is C16H34O4Si. The fourth-order valence-corrected chi connectivity index (χ4v) is 4.81. The van der Waals surface area contributed by atoms with Crippen molar-refractivity contribution in [2.45, 2.75) is 76.4 Å². The molecule has 0 bridgehead atoms. The average Bonchev–Trinajstić information content (AvgIpc) is 2.55. The summed E-state index contributed by atoms with van der Waals surface area (Å²) in [6.07, 6.45) is 13.3. The van der Waals surface area contributed by atoms with Crippen molar-refractivity contribution in [2.24, 2.45) is 0 Å². The summed E-state index contributed by atoms with van der Waals surface area (Å²) in [6.45, 7) is 0.981. The molecule has 5 heteroatoms. The molecule has 1 unspecified atom stereocenters. The quantitative estimate of drug-likeness (QED) is 0.400. The third kappa shape index (κ3) is 7.75. The van der Waals surface area contributed by atoms with Gasteiger partial charge in [0.1, 0.15) is 0 Å². The molecule has 1 heterocycles. The fraction of sp³-hybridized carbons (Fsp3) is 1.00. The molecule has 126 valence electrons. The molecule has 0 aromatic carbocycles. The monoisotopic (exact) mass is 318 g/mol. The topological polar surface area (TPSA) is 36.9 Å². The summed E-state index contributed by atoms with van der Waals surface area (Å²) < 4.78 is 22.0. The molecule has 0 saturated carbocycles. The van der Waals surface area contributed by atoms with Gasteiger partial charge in [0.15, 0.2) is 0 Å². The molecule has 0 aliphatic carbocycles. The fourth-order valence-electron chi connectivity index (χ4n) is 3.01. The van der Waals surface area contributed by atoms with Gasteiger partial charge in [-0.2, -0.15) is 0 Å². The number of unbranched alkanes of at least 4 members (excludes halogenated alkanes) is 5. The molecule has 0 aromatic rings. The Bertz CT molecular complexity index is 232. The van der Waals surface area contributed by atoms with Crippen LogP contribution in [0.25, 0.3) is 0 Å². The van der Waals surface area contributed by atoms with E-state index >= 15 is 0 Å². The highest BCUT2D eigenvalue weighted by Gasteiger charge is 2.36. The van der Waals surface area contributed by atoms with E-state index in [0.29, 0.717) is 6.10 Å². The van der Waals surface area contributed by atoms with Gasteiger partial charge in [-0.05, 0) is 32.1 Å². The maximum absolute atomic E-state index is 5.76. The van der Waals surface area contributed by atoms with Gasteiger partial charge in [0.25, 0.3) is 0 Å². The highest BCUT2D eigenvalue weighted by atomic mass is 28.4. The van der Waals surface area contributed by atoms with E-state index in [1.54, 1.807) is 21.3 Å². The predicted molar refractivity (Wildman–Crippen MR) is 87.5 cm³/mol. The van der Waals surface area contributed by atoms with Gasteiger partial charge in [-0.3, -0.25) is 0 Å². The Balaban J connectivity index is 1.92. The van der Waals surface area contributed by atoms with Crippen LogP contribution < -0.4 is 0 Å². The maximum atomic E-state index is 5.76. The van der Waals surface area contributed by atoms with Crippen LogP contribution in [-0.2, 0) is 18.0 Å². The molecule has 4 nitrogen and oxygen atoms in total. The number of hydrogen-bond acceptors (Lipinski definition) is 4. The molecule has 0 radical (unpaired) electrons. The molecule has 0 spiro atoms. The van der Waals surface area contributed by atoms with E-state index in [2.05, 4.69) is 0 Å². The van der Waals surface area contributed by atoms with Crippen molar-refractivity contribution in [3.63, 3.8) is 0 Å². The molecule has 0 amide bonds. The molecule has 1 rings (SSSR count). The first-order valence-corrected chi connectivity index (χ1v) is 10.5. The third-order valence-corrected chi connectivity index (χ3v) is 7.30. The van der Waals surface area contributed by atoms with Crippen molar-refractivity contribution in [1.82, 2.24) is 0 Å². The first-order chi connectivity index (χ1) is 10.3. The van der Waals surface area contributed by atoms with Crippen molar-refractivity contribution in [3.8, 4) is 0 Å². The van der Waals surface area contributed by atoms with Gasteiger partial charge >= 0.3 is 8.80 Å². The summed E-state index contributed by atoms with van der Waals surface area (Å²) >= 11 is 0. The van der Waals surface area contributed by atoms with Gasteiger partial charge in [0.2, 0.25) is 0 Å². The van der Waals surface area contributed by atoms with Gasteiger partial charge in [-0.15, -0.1) is 0 Å². The zero-order valence-corrected chi connectivity index (χ0v) is 15.2. The lowest BCUT2D eigenvalue weighted by atomic mass is 10.0. The summed E-state index contributed by atoms with van der Waals surface area (Å²) in [5.74, 6) is 0. The van der Waals surface area contributed by atoms with Crippen molar-refractivity contribution in [3.05, 3.63) is 0 Å². The molecule has 1 aliphatic heterocycles. The normalized spacial score (nSPS) is 19.9. The van der Waals surface area contributed by atoms with Crippen LogP contribution in [0, 0.1) is 0 Å². The lowest BCUT2D eigenvalue weighted by Crippen LogP contribution is -2.42. The predicted octanol–water partition coefficient (Wildman–Crippen LogP) is 4.16. The molecule has 0 N–H and O–H groups in total. The van der Waals surface area contributed by atoms with Crippen LogP contribution in [0.2, 0.25) is 6.04 Å². The minimum Gasteiger partial charge on any atom is -0.378 e. The van der Waals surface area contributed by atoms with E-state index in [-0.39, 0.29) is 0 Å². The molecule has 1 aliphatic rings. The van der Waals surface area contributed by atoms with Gasteiger partial charge in [-0.25, -0.2) is 0 Å². The van der Waals surface area contributed by atoms with Crippen LogP contribution in [-0.4, -0.2) is 42.8 Å². The van der Waals surface area contributed by atoms with E-state index in [4.69, 9.17) is 18.0 Å². The van der Waals surface area contributed by atoms with E-state index in [1.807, 2.05) is 0 Å². The largest absolute Gasteiger partial charge is 0.500 e. The Morgan fingerprint density at radius 2 is 1.48 bits per heavy atom. The van der Waals surface area contributed by atoms with Gasteiger partial charge in [0, 0.05) is 34.0 Å². The Labute approximate surface area is 131 Å². The van der Waals surface area contributed by atoms with Crippen molar-refractivity contribution in [2.75, 3.05) is 27.9 Å². The van der Waals surface area contributed by atoms with Crippen LogP contribution in [0.15, 0.2) is 0 Å². The average molecular weight is 319 g/mol. The second kappa shape index (κ2) is 11.6. The smallest absolute Gasteiger partial charge is 0.378 e. The maximum Gasteiger partial charge on any atom is 0.500 e. The highest BCUT2D eigenvalue weighted by molar-refractivity contribution is 6.60. The summed E-state index contributed by atoms with van der Waals surface area (Å²) in [5.41, 5.74) is 0. The van der Waals surface area contributed by atoms with Gasteiger partial charge in [-0.1, -0.05) is 32.1 Å². The molecule has 1 fully saturated rings. The number of ether oxygens (including phenoxy) is 1. The molecule has 21 heavy (non-hydrogen) atoms. The summed E-state index contributed by atoms with van der Waals surface area (Å²) in [6, 6.07) is 0.923. The van der Waals surface area contributed by atoms with Crippen molar-refractivity contribution < 1.29 is 18.0 Å². The summed E-state index contributed by atoms with van der Waals surface area (Å²) in [5, 5.41) is 0. The second-order valence-corrected chi connectivity index (χ2v) is 9.03. The summed E-state index contributed by atoms with van der Waals surface area (Å²) in [7, 11) is 2.73. The van der Waals surface area contributed by atoms with Crippen LogP contribution in [0.3, 0.4) is 0 Å². The molecule has 0 aromatic heterocycles. The lowest BCUT2D eigenvalue weighted by Gasteiger charge is -2.24. The van der Waals surface area contributed by atoms with E-state index in [1.165, 1.54) is 57.8 Å². The Morgan fingerprint density at radius 1 is 0.857 bits per heavy atom. The van der Waals surface area contributed by atoms with E-state index < -0.39 is 8.80 Å². The van der Waals surface area contributed by atoms with Crippen molar-refractivity contribution in [1.29, 1.82) is 0 Å². The zero-order chi connectivity index (χ0) is 15.4. The number of hydrogen-bond donors (Lipinski definition) is 0. The van der Waals surface area contributed by atoms with E-state index in [9.17, 15) is 0 Å². The minimum absolute atomic E-state index is 0.551. The Morgan fingerprint density at radius 3 is 2.05 bits per heavy atom. The van der Waals surface area contributed by atoms with Gasteiger partial charge in [0.05, 0.1) is 6.10 Å². The number of rotatable bonds is 12. The second-order valence-electron chi connectivity index (χ2n) is 5.94. The SMILES string of the molecule is CO[Si](CCCCCCCCC1CCCCO1)(OC)OC. The van der Waals surface area contributed by atoms with Crippen LogP contribution in [0.4, 0.5) is 0 Å². The summed E-state index contributed by atoms with van der Waals surface area (Å²) in [4.78, 5) is 0. The third-order valence-electron chi connectivity index (χ3n) is 4.47. The first-order valence-electron chi connectivity index (χ1n) is 8.53.